The van der Waals surface area contributed by atoms with Crippen molar-refractivity contribution in [3.05, 3.63) is 106 Å². The van der Waals surface area contributed by atoms with E-state index in [-0.39, 0.29) is 16.6 Å². The van der Waals surface area contributed by atoms with Crippen LogP contribution < -0.4 is 10.6 Å². The van der Waals surface area contributed by atoms with Gasteiger partial charge in [-0.25, -0.2) is 4.98 Å². The number of hydrogen-bond acceptors (Lipinski definition) is 7. The van der Waals surface area contributed by atoms with Crippen molar-refractivity contribution in [3.63, 3.8) is 0 Å². The van der Waals surface area contributed by atoms with Crippen molar-refractivity contribution < 1.29 is 14.1 Å². The van der Waals surface area contributed by atoms with Crippen LogP contribution in [-0.2, 0) is 6.54 Å². The number of carbonyl (C=O) groups excluding carboxylic acids is 1. The average molecular weight is 515 g/mol. The molecule has 0 radical (unpaired) electrons. The third-order valence-electron chi connectivity index (χ3n) is 5.35. The van der Waals surface area contributed by atoms with E-state index in [1.165, 1.54) is 18.2 Å². The highest BCUT2D eigenvalue weighted by Crippen LogP contribution is 2.30. The summed E-state index contributed by atoms with van der Waals surface area (Å²) in [5.41, 5.74) is 3.44. The average Bonchev–Trinajstić information content (AvgIpc) is 3.56. The second-order valence-electron chi connectivity index (χ2n) is 7.79. The second-order valence-corrected chi connectivity index (χ2v) is 9.23. The molecule has 5 aromatic rings. The Labute approximate surface area is 214 Å². The van der Waals surface area contributed by atoms with Crippen molar-refractivity contribution in [2.75, 3.05) is 0 Å². The normalized spacial score (nSPS) is 10.8. The SMILES string of the molecule is O=C(NC(=S)NCc1ccc(-c2nc3ccccc3s2)cc1)c1ccc(-c2cccc([N+](=O)[O-])c2)o1. The number of nitrogens with one attached hydrogen (secondary N) is 2. The Morgan fingerprint density at radius 3 is 2.58 bits per heavy atom. The zero-order valence-corrected chi connectivity index (χ0v) is 20.3. The number of nitro benzene ring substituents is 1. The fourth-order valence-corrected chi connectivity index (χ4v) is 4.68. The predicted molar refractivity (Wildman–Crippen MR) is 143 cm³/mol. The number of amides is 1. The Balaban J connectivity index is 1.17. The van der Waals surface area contributed by atoms with Crippen LogP contribution in [0.1, 0.15) is 16.1 Å². The second kappa shape index (κ2) is 10.1. The molecule has 0 aliphatic carbocycles. The first kappa shape index (κ1) is 23.3. The van der Waals surface area contributed by atoms with Gasteiger partial charge in [-0.2, -0.15) is 0 Å². The molecule has 36 heavy (non-hydrogen) atoms. The van der Waals surface area contributed by atoms with E-state index in [2.05, 4.69) is 21.7 Å². The molecule has 178 valence electrons. The van der Waals surface area contributed by atoms with Crippen LogP contribution in [0.4, 0.5) is 5.69 Å². The standard InChI is InChI=1S/C26H18N4O4S2/c31-24(22-13-12-21(34-22)18-4-3-5-19(14-18)30(32)33)29-26(35)27-15-16-8-10-17(11-9-16)25-28-20-6-1-2-7-23(20)36-25/h1-14H,15H2,(H2,27,29,31,35). The van der Waals surface area contributed by atoms with E-state index in [1.54, 1.807) is 29.5 Å². The first-order valence-corrected chi connectivity index (χ1v) is 12.1. The maximum Gasteiger partial charge on any atom is 0.293 e. The van der Waals surface area contributed by atoms with Gasteiger partial charge in [0.15, 0.2) is 10.9 Å². The zero-order chi connectivity index (χ0) is 25.1. The number of fused-ring (bicyclic) bond motifs is 1. The van der Waals surface area contributed by atoms with Gasteiger partial charge in [-0.1, -0.05) is 48.5 Å². The first-order chi connectivity index (χ1) is 17.5. The van der Waals surface area contributed by atoms with Gasteiger partial charge in [0.2, 0.25) is 0 Å². The van der Waals surface area contributed by atoms with Crippen LogP contribution >= 0.6 is 23.6 Å². The van der Waals surface area contributed by atoms with Crippen molar-refractivity contribution in [2.45, 2.75) is 6.54 Å². The maximum absolute atomic E-state index is 12.5. The molecule has 8 nitrogen and oxygen atoms in total. The summed E-state index contributed by atoms with van der Waals surface area (Å²) in [7, 11) is 0. The van der Waals surface area contributed by atoms with Gasteiger partial charge in [-0.3, -0.25) is 20.2 Å². The molecule has 0 aliphatic rings. The molecule has 0 saturated carbocycles. The van der Waals surface area contributed by atoms with E-state index in [4.69, 9.17) is 16.6 Å². The molecular formula is C26H18N4O4S2. The van der Waals surface area contributed by atoms with Crippen molar-refractivity contribution in [2.24, 2.45) is 0 Å². The smallest absolute Gasteiger partial charge is 0.293 e. The molecule has 0 spiro atoms. The molecule has 5 rings (SSSR count). The van der Waals surface area contributed by atoms with Crippen molar-refractivity contribution in [1.82, 2.24) is 15.6 Å². The molecule has 0 saturated heterocycles. The van der Waals surface area contributed by atoms with E-state index in [0.717, 1.165) is 26.4 Å². The largest absolute Gasteiger partial charge is 0.451 e. The summed E-state index contributed by atoms with van der Waals surface area (Å²) in [4.78, 5) is 27.7. The maximum atomic E-state index is 12.5. The van der Waals surface area contributed by atoms with Crippen LogP contribution in [0.5, 0.6) is 0 Å². The quantitative estimate of drug-likeness (QED) is 0.164. The number of non-ortho nitro benzene ring substituents is 1. The summed E-state index contributed by atoms with van der Waals surface area (Å²) < 4.78 is 6.73. The summed E-state index contributed by atoms with van der Waals surface area (Å²) in [5.74, 6) is -0.132. The zero-order valence-electron chi connectivity index (χ0n) is 18.6. The van der Waals surface area contributed by atoms with Crippen molar-refractivity contribution in [1.29, 1.82) is 0 Å². The molecule has 10 heteroatoms. The highest BCUT2D eigenvalue weighted by atomic mass is 32.1. The van der Waals surface area contributed by atoms with E-state index in [1.807, 2.05) is 42.5 Å². The lowest BCUT2D eigenvalue weighted by molar-refractivity contribution is -0.384. The Morgan fingerprint density at radius 2 is 1.81 bits per heavy atom. The topological polar surface area (TPSA) is 110 Å². The fraction of sp³-hybridized carbons (Fsp3) is 0.0385. The third kappa shape index (κ3) is 5.14. The number of benzene rings is 3. The number of para-hydroxylation sites is 1. The van der Waals surface area contributed by atoms with Crippen LogP contribution in [-0.4, -0.2) is 20.9 Å². The minimum absolute atomic E-state index is 0.0424. The molecule has 0 bridgehead atoms. The Morgan fingerprint density at radius 1 is 1.00 bits per heavy atom. The fourth-order valence-electron chi connectivity index (χ4n) is 3.54. The number of carbonyl (C=O) groups is 1. The molecule has 0 fully saturated rings. The first-order valence-electron chi connectivity index (χ1n) is 10.8. The van der Waals surface area contributed by atoms with Crippen LogP contribution in [0.25, 0.3) is 32.1 Å². The molecule has 0 atom stereocenters. The highest BCUT2D eigenvalue weighted by molar-refractivity contribution is 7.80. The lowest BCUT2D eigenvalue weighted by Crippen LogP contribution is -2.38. The number of aromatic nitrogens is 1. The Bertz CT molecular complexity index is 1560. The number of thiazole rings is 1. The van der Waals surface area contributed by atoms with Gasteiger partial charge < -0.3 is 9.73 Å². The molecule has 2 aromatic heterocycles. The van der Waals surface area contributed by atoms with Gasteiger partial charge in [0.1, 0.15) is 10.8 Å². The van der Waals surface area contributed by atoms with Crippen LogP contribution in [0, 0.1) is 10.1 Å². The van der Waals surface area contributed by atoms with Gasteiger partial charge in [-0.05, 0) is 42.0 Å². The number of furan rings is 1. The van der Waals surface area contributed by atoms with E-state index >= 15 is 0 Å². The minimum Gasteiger partial charge on any atom is -0.451 e. The van der Waals surface area contributed by atoms with Crippen molar-refractivity contribution in [3.8, 4) is 21.9 Å². The Hall–Kier alpha value is -4.41. The Kier molecular flexibility index (Phi) is 6.52. The molecule has 0 unspecified atom stereocenters. The lowest BCUT2D eigenvalue weighted by atomic mass is 10.1. The molecule has 2 heterocycles. The number of nitrogens with zero attached hydrogens (tertiary/aromatic N) is 2. The summed E-state index contributed by atoms with van der Waals surface area (Å²) >= 11 is 6.89. The monoisotopic (exact) mass is 514 g/mol. The summed E-state index contributed by atoms with van der Waals surface area (Å²) in [5, 5.41) is 17.7. The van der Waals surface area contributed by atoms with Crippen molar-refractivity contribution >= 4 is 50.5 Å². The number of nitro groups is 1. The third-order valence-corrected chi connectivity index (χ3v) is 6.68. The summed E-state index contributed by atoms with van der Waals surface area (Å²) in [6, 6.07) is 25.1. The van der Waals surface area contributed by atoms with E-state index in [9.17, 15) is 14.9 Å². The van der Waals surface area contributed by atoms with Crippen LogP contribution in [0.2, 0.25) is 0 Å². The lowest BCUT2D eigenvalue weighted by Gasteiger charge is -2.09. The molecule has 2 N–H and O–H groups in total. The predicted octanol–water partition coefficient (Wildman–Crippen LogP) is 5.94. The molecule has 1 amide bonds. The molecule has 3 aromatic carbocycles. The van der Waals surface area contributed by atoms with Gasteiger partial charge >= 0.3 is 0 Å². The number of thiocarbonyl (C=S) groups is 1. The van der Waals surface area contributed by atoms with Gasteiger partial charge in [0, 0.05) is 29.8 Å². The molecular weight excluding hydrogens is 496 g/mol. The highest BCUT2D eigenvalue weighted by Gasteiger charge is 2.15. The van der Waals surface area contributed by atoms with E-state index < -0.39 is 10.8 Å². The summed E-state index contributed by atoms with van der Waals surface area (Å²) in [6.07, 6.45) is 0. The number of rotatable bonds is 6. The van der Waals surface area contributed by atoms with Gasteiger partial charge in [0.05, 0.1) is 15.1 Å². The van der Waals surface area contributed by atoms with Crippen LogP contribution in [0.3, 0.4) is 0 Å². The number of hydrogen-bond donors (Lipinski definition) is 2. The van der Waals surface area contributed by atoms with E-state index in [0.29, 0.717) is 17.9 Å². The summed E-state index contributed by atoms with van der Waals surface area (Å²) in [6.45, 7) is 0.427. The van der Waals surface area contributed by atoms with Gasteiger partial charge in [0.25, 0.3) is 11.6 Å². The van der Waals surface area contributed by atoms with Gasteiger partial charge in [-0.15, -0.1) is 11.3 Å². The molecule has 0 aliphatic heterocycles. The minimum atomic E-state index is -0.518. The van der Waals surface area contributed by atoms with Crippen LogP contribution in [0.15, 0.2) is 89.3 Å².